The molecule has 0 spiro atoms. The van der Waals surface area contributed by atoms with Gasteiger partial charge in [-0.15, -0.1) is 0 Å². The van der Waals surface area contributed by atoms with Crippen molar-refractivity contribution in [2.24, 2.45) is 0 Å². The Morgan fingerprint density at radius 2 is 2.15 bits per heavy atom. The number of nitrogens with one attached hydrogen (secondary N) is 1. The van der Waals surface area contributed by atoms with Crippen LogP contribution in [0.3, 0.4) is 0 Å². The summed E-state index contributed by atoms with van der Waals surface area (Å²) in [5, 5.41) is 3.65. The predicted octanol–water partition coefficient (Wildman–Crippen LogP) is 5.20. The number of furan rings is 1. The van der Waals surface area contributed by atoms with Crippen molar-refractivity contribution in [3.05, 3.63) is 63.6 Å². The lowest BCUT2D eigenvalue weighted by Gasteiger charge is -2.09. The van der Waals surface area contributed by atoms with E-state index in [4.69, 9.17) is 16.0 Å². The Bertz CT molecular complexity index is 664. The SMILES string of the molecule is C=C(CC(=O)c1ccc(C)o1)Nc1ccc(Br)c(Cl)c1. The summed E-state index contributed by atoms with van der Waals surface area (Å²) in [5.74, 6) is 0.949. The van der Waals surface area contributed by atoms with Crippen LogP contribution in [-0.4, -0.2) is 5.78 Å². The van der Waals surface area contributed by atoms with Gasteiger partial charge < -0.3 is 9.73 Å². The average Bonchev–Trinajstić information content (AvgIpc) is 2.80. The van der Waals surface area contributed by atoms with Crippen molar-refractivity contribution in [3.63, 3.8) is 0 Å². The quantitative estimate of drug-likeness (QED) is 0.750. The van der Waals surface area contributed by atoms with Gasteiger partial charge in [0.15, 0.2) is 5.76 Å². The van der Waals surface area contributed by atoms with Gasteiger partial charge in [0.2, 0.25) is 5.78 Å². The zero-order valence-corrected chi connectivity index (χ0v) is 13.2. The van der Waals surface area contributed by atoms with E-state index in [1.165, 1.54) is 0 Å². The van der Waals surface area contributed by atoms with Gasteiger partial charge in [-0.3, -0.25) is 4.79 Å². The van der Waals surface area contributed by atoms with Gasteiger partial charge in [-0.1, -0.05) is 18.2 Å². The number of hydrogen-bond acceptors (Lipinski definition) is 3. The number of hydrogen-bond donors (Lipinski definition) is 1. The minimum atomic E-state index is -0.112. The molecule has 0 aliphatic heterocycles. The Morgan fingerprint density at radius 1 is 1.40 bits per heavy atom. The molecule has 0 unspecified atom stereocenters. The first-order valence-electron chi connectivity index (χ1n) is 5.95. The molecule has 0 aliphatic rings. The second kappa shape index (κ2) is 6.29. The summed E-state index contributed by atoms with van der Waals surface area (Å²) in [7, 11) is 0. The highest BCUT2D eigenvalue weighted by molar-refractivity contribution is 9.10. The molecule has 0 atom stereocenters. The molecule has 20 heavy (non-hydrogen) atoms. The van der Waals surface area contributed by atoms with E-state index in [1.54, 1.807) is 25.1 Å². The number of carbonyl (C=O) groups excluding carboxylic acids is 1. The molecule has 3 nitrogen and oxygen atoms in total. The van der Waals surface area contributed by atoms with Gasteiger partial charge in [0.05, 0.1) is 11.4 Å². The second-order valence-electron chi connectivity index (χ2n) is 4.37. The lowest BCUT2D eigenvalue weighted by molar-refractivity contribution is 0.0965. The van der Waals surface area contributed by atoms with Crippen molar-refractivity contribution in [2.45, 2.75) is 13.3 Å². The molecular weight excluding hydrogens is 342 g/mol. The summed E-state index contributed by atoms with van der Waals surface area (Å²) in [6.45, 7) is 5.65. The number of benzene rings is 1. The van der Waals surface area contributed by atoms with Gasteiger partial charge in [-0.05, 0) is 53.2 Å². The maximum Gasteiger partial charge on any atom is 0.203 e. The largest absolute Gasteiger partial charge is 0.458 e. The summed E-state index contributed by atoms with van der Waals surface area (Å²) in [4.78, 5) is 12.0. The van der Waals surface area contributed by atoms with E-state index in [0.29, 0.717) is 22.2 Å². The van der Waals surface area contributed by atoms with Crippen LogP contribution in [0.4, 0.5) is 5.69 Å². The first-order chi connectivity index (χ1) is 9.45. The molecule has 1 aromatic heterocycles. The molecule has 5 heteroatoms. The van der Waals surface area contributed by atoms with E-state index in [9.17, 15) is 4.79 Å². The Hall–Kier alpha value is -1.52. The average molecular weight is 355 g/mol. The molecule has 0 amide bonds. The van der Waals surface area contributed by atoms with E-state index in [0.717, 1.165) is 10.2 Å². The molecule has 0 aliphatic carbocycles. The van der Waals surface area contributed by atoms with Gasteiger partial charge >= 0.3 is 0 Å². The smallest absolute Gasteiger partial charge is 0.203 e. The van der Waals surface area contributed by atoms with Crippen LogP contribution in [0.2, 0.25) is 5.02 Å². The molecule has 2 rings (SSSR count). The molecule has 0 saturated carbocycles. The lowest BCUT2D eigenvalue weighted by Crippen LogP contribution is -2.05. The summed E-state index contributed by atoms with van der Waals surface area (Å²) in [6.07, 6.45) is 0.167. The number of ketones is 1. The molecule has 1 heterocycles. The number of anilines is 1. The number of halogens is 2. The number of rotatable bonds is 5. The molecule has 1 N–H and O–H groups in total. The summed E-state index contributed by atoms with van der Waals surface area (Å²) in [6, 6.07) is 8.87. The summed E-state index contributed by atoms with van der Waals surface area (Å²) < 4.78 is 6.10. The fourth-order valence-electron chi connectivity index (χ4n) is 1.69. The monoisotopic (exact) mass is 353 g/mol. The predicted molar refractivity (Wildman–Crippen MR) is 84.3 cm³/mol. The molecule has 0 saturated heterocycles. The third-order valence-electron chi connectivity index (χ3n) is 2.63. The Balaban J connectivity index is 1.98. The molecule has 0 fully saturated rings. The Labute approximate surface area is 130 Å². The van der Waals surface area contributed by atoms with Crippen LogP contribution in [0, 0.1) is 6.92 Å². The maximum absolute atomic E-state index is 12.0. The van der Waals surface area contributed by atoms with E-state index < -0.39 is 0 Å². The van der Waals surface area contributed by atoms with E-state index in [2.05, 4.69) is 27.8 Å². The molecule has 2 aromatic rings. The van der Waals surface area contributed by atoms with Gasteiger partial charge in [0.25, 0.3) is 0 Å². The van der Waals surface area contributed by atoms with Gasteiger partial charge in [-0.25, -0.2) is 0 Å². The zero-order valence-electron chi connectivity index (χ0n) is 10.9. The van der Waals surface area contributed by atoms with Gasteiger partial charge in [0, 0.05) is 15.9 Å². The summed E-state index contributed by atoms with van der Waals surface area (Å²) in [5.41, 5.74) is 1.37. The first-order valence-corrected chi connectivity index (χ1v) is 7.12. The van der Waals surface area contributed by atoms with Crippen LogP contribution < -0.4 is 5.32 Å². The second-order valence-corrected chi connectivity index (χ2v) is 5.63. The van der Waals surface area contributed by atoms with E-state index in [1.807, 2.05) is 12.1 Å². The van der Waals surface area contributed by atoms with Gasteiger partial charge in [0.1, 0.15) is 5.76 Å². The van der Waals surface area contributed by atoms with Crippen molar-refractivity contribution in [1.82, 2.24) is 0 Å². The minimum absolute atomic E-state index is 0.112. The lowest BCUT2D eigenvalue weighted by atomic mass is 10.2. The highest BCUT2D eigenvalue weighted by Gasteiger charge is 2.12. The number of Topliss-reactive ketones (excluding diaryl/α,β-unsaturated/α-hetero) is 1. The number of aryl methyl sites for hydroxylation is 1. The van der Waals surface area contributed by atoms with Crippen LogP contribution in [-0.2, 0) is 0 Å². The third kappa shape index (κ3) is 3.74. The third-order valence-corrected chi connectivity index (χ3v) is 3.86. The van der Waals surface area contributed by atoms with Crippen molar-refractivity contribution in [1.29, 1.82) is 0 Å². The first kappa shape index (κ1) is 14.9. The fourth-order valence-corrected chi connectivity index (χ4v) is 2.11. The maximum atomic E-state index is 12.0. The van der Waals surface area contributed by atoms with Crippen molar-refractivity contribution < 1.29 is 9.21 Å². The molecule has 104 valence electrons. The van der Waals surface area contributed by atoms with Crippen molar-refractivity contribution >= 4 is 39.0 Å². The highest BCUT2D eigenvalue weighted by Crippen LogP contribution is 2.26. The van der Waals surface area contributed by atoms with Crippen LogP contribution in [0.1, 0.15) is 22.7 Å². The fraction of sp³-hybridized carbons (Fsp3) is 0.133. The zero-order chi connectivity index (χ0) is 14.7. The van der Waals surface area contributed by atoms with Crippen molar-refractivity contribution in [2.75, 3.05) is 5.32 Å². The van der Waals surface area contributed by atoms with E-state index >= 15 is 0 Å². The molecule has 1 aromatic carbocycles. The normalized spacial score (nSPS) is 10.3. The molecule has 0 bridgehead atoms. The van der Waals surface area contributed by atoms with Crippen LogP contribution >= 0.6 is 27.5 Å². The Kier molecular flexibility index (Phi) is 4.68. The topological polar surface area (TPSA) is 42.2 Å². The van der Waals surface area contributed by atoms with E-state index in [-0.39, 0.29) is 12.2 Å². The van der Waals surface area contributed by atoms with Crippen LogP contribution in [0.5, 0.6) is 0 Å². The highest BCUT2D eigenvalue weighted by atomic mass is 79.9. The number of carbonyl (C=O) groups is 1. The Morgan fingerprint density at radius 3 is 2.75 bits per heavy atom. The minimum Gasteiger partial charge on any atom is -0.458 e. The molecular formula is C15H13BrClNO2. The molecule has 0 radical (unpaired) electrons. The van der Waals surface area contributed by atoms with Crippen molar-refractivity contribution in [3.8, 4) is 0 Å². The van der Waals surface area contributed by atoms with Crippen LogP contribution in [0.25, 0.3) is 0 Å². The standard InChI is InChI=1S/C15H13BrClNO2/c1-9(7-14(19)15-6-3-10(2)20-15)18-11-4-5-12(16)13(17)8-11/h3-6,8,18H,1,7H2,2H3. The van der Waals surface area contributed by atoms with Gasteiger partial charge in [-0.2, -0.15) is 0 Å². The van der Waals surface area contributed by atoms with Crippen LogP contribution in [0.15, 0.2) is 51.5 Å². The number of allylic oxidation sites excluding steroid dienone is 1. The summed E-state index contributed by atoms with van der Waals surface area (Å²) >= 11 is 9.32.